The predicted molar refractivity (Wildman–Crippen MR) is 181 cm³/mol. The van der Waals surface area contributed by atoms with E-state index in [-0.39, 0.29) is 22.7 Å². The number of furan rings is 2. The molecule has 1 aliphatic rings. The van der Waals surface area contributed by atoms with Gasteiger partial charge < -0.3 is 13.7 Å². The summed E-state index contributed by atoms with van der Waals surface area (Å²) in [6, 6.07) is 33.4. The minimum atomic E-state index is -0.123. The van der Waals surface area contributed by atoms with Crippen LogP contribution in [0, 0.1) is 6.92 Å². The maximum atomic E-state index is 14.0. The van der Waals surface area contributed by atoms with E-state index in [1.165, 1.54) is 46.2 Å². The lowest BCUT2D eigenvalue weighted by Gasteiger charge is -2.42. The van der Waals surface area contributed by atoms with Gasteiger partial charge in [0.25, 0.3) is 5.91 Å². The number of rotatable bonds is 10. The lowest BCUT2D eigenvalue weighted by atomic mass is 9.62. The van der Waals surface area contributed by atoms with E-state index >= 15 is 0 Å². The zero-order valence-corrected chi connectivity index (χ0v) is 27.3. The molecule has 2 aromatic heterocycles. The Bertz CT molecular complexity index is 1690. The molecule has 0 radical (unpaired) electrons. The molecule has 6 rings (SSSR count). The van der Waals surface area contributed by atoms with E-state index in [0.717, 1.165) is 17.9 Å². The van der Waals surface area contributed by atoms with Crippen LogP contribution in [0.1, 0.15) is 108 Å². The molecule has 4 nitrogen and oxygen atoms in total. The summed E-state index contributed by atoms with van der Waals surface area (Å²) in [7, 11) is 0. The van der Waals surface area contributed by atoms with Gasteiger partial charge in [-0.1, -0.05) is 100 Å². The van der Waals surface area contributed by atoms with Gasteiger partial charge in [0.15, 0.2) is 5.76 Å². The Balaban J connectivity index is 1.24. The highest BCUT2D eigenvalue weighted by Gasteiger charge is 2.37. The molecule has 0 saturated carbocycles. The van der Waals surface area contributed by atoms with Gasteiger partial charge in [-0.25, -0.2) is 0 Å². The summed E-state index contributed by atoms with van der Waals surface area (Å²) in [4.78, 5) is 15.9. The maximum Gasteiger partial charge on any atom is 0.289 e. The highest BCUT2D eigenvalue weighted by Crippen LogP contribution is 2.46. The lowest BCUT2D eigenvalue weighted by molar-refractivity contribution is 0.0693. The lowest BCUT2D eigenvalue weighted by Crippen LogP contribution is -2.34. The largest absolute Gasteiger partial charge is 0.467 e. The van der Waals surface area contributed by atoms with E-state index in [1.54, 1.807) is 6.26 Å². The molecular weight excluding hydrogens is 554 g/mol. The maximum absolute atomic E-state index is 14.0. The SMILES string of the molecule is Cc1cc2c(cc1Cc1ccc(C(=O)N(CCC(c3ccccc3)c3ccccc3)Cc3ccco3)o1)C(C)(C)CCC2(C)C. The summed E-state index contributed by atoms with van der Waals surface area (Å²) < 4.78 is 12.0. The van der Waals surface area contributed by atoms with Gasteiger partial charge in [-0.2, -0.15) is 0 Å². The second-order valence-electron chi connectivity index (χ2n) is 14.0. The third-order valence-corrected chi connectivity index (χ3v) is 9.85. The first-order chi connectivity index (χ1) is 21.6. The summed E-state index contributed by atoms with van der Waals surface area (Å²) in [5, 5.41) is 0. The summed E-state index contributed by atoms with van der Waals surface area (Å²) >= 11 is 0. The Labute approximate surface area is 268 Å². The minimum Gasteiger partial charge on any atom is -0.467 e. The zero-order chi connectivity index (χ0) is 31.6. The van der Waals surface area contributed by atoms with Crippen molar-refractivity contribution in [3.8, 4) is 0 Å². The number of carbonyl (C=O) groups is 1. The number of benzene rings is 3. The molecule has 1 amide bonds. The van der Waals surface area contributed by atoms with Crippen molar-refractivity contribution < 1.29 is 13.6 Å². The summed E-state index contributed by atoms with van der Waals surface area (Å²) in [5.74, 6) is 1.96. The van der Waals surface area contributed by atoms with Crippen molar-refractivity contribution in [1.29, 1.82) is 0 Å². The van der Waals surface area contributed by atoms with Gasteiger partial charge in [0, 0.05) is 18.9 Å². The molecule has 4 heteroatoms. The van der Waals surface area contributed by atoms with Gasteiger partial charge in [0.05, 0.1) is 12.8 Å². The van der Waals surface area contributed by atoms with E-state index in [0.29, 0.717) is 25.3 Å². The van der Waals surface area contributed by atoms with Crippen molar-refractivity contribution in [2.75, 3.05) is 6.54 Å². The number of hydrogen-bond acceptors (Lipinski definition) is 3. The van der Waals surface area contributed by atoms with Gasteiger partial charge in [0.2, 0.25) is 0 Å². The van der Waals surface area contributed by atoms with Crippen molar-refractivity contribution in [3.63, 3.8) is 0 Å². The average molecular weight is 600 g/mol. The Hall–Kier alpha value is -4.31. The fourth-order valence-corrected chi connectivity index (χ4v) is 6.91. The van der Waals surface area contributed by atoms with Crippen LogP contribution in [0.25, 0.3) is 0 Å². The van der Waals surface area contributed by atoms with Gasteiger partial charge >= 0.3 is 0 Å². The molecule has 0 atom stereocenters. The van der Waals surface area contributed by atoms with E-state index in [9.17, 15) is 4.79 Å². The van der Waals surface area contributed by atoms with Gasteiger partial charge in [0.1, 0.15) is 11.5 Å². The number of hydrogen-bond donors (Lipinski definition) is 0. The molecule has 0 bridgehead atoms. The van der Waals surface area contributed by atoms with Crippen molar-refractivity contribution >= 4 is 5.91 Å². The molecular formula is C41H45NO3. The van der Waals surface area contributed by atoms with Crippen molar-refractivity contribution in [1.82, 2.24) is 4.90 Å². The highest BCUT2D eigenvalue weighted by molar-refractivity contribution is 5.91. The first-order valence-electron chi connectivity index (χ1n) is 16.3. The van der Waals surface area contributed by atoms with Crippen LogP contribution in [0.2, 0.25) is 0 Å². The molecule has 5 aromatic rings. The van der Waals surface area contributed by atoms with E-state index in [2.05, 4.69) is 95.3 Å². The predicted octanol–water partition coefficient (Wildman–Crippen LogP) is 9.99. The summed E-state index contributed by atoms with van der Waals surface area (Å²) in [6.45, 7) is 12.6. The molecule has 1 aliphatic carbocycles. The van der Waals surface area contributed by atoms with Gasteiger partial charge in [-0.15, -0.1) is 0 Å². The number of fused-ring (bicyclic) bond motifs is 1. The molecule has 232 valence electrons. The summed E-state index contributed by atoms with van der Waals surface area (Å²) in [6.07, 6.45) is 5.46. The molecule has 0 N–H and O–H groups in total. The number of carbonyl (C=O) groups excluding carboxylic acids is 1. The molecule has 0 unspecified atom stereocenters. The Morgan fingerprint density at radius 2 is 1.40 bits per heavy atom. The monoisotopic (exact) mass is 599 g/mol. The second kappa shape index (κ2) is 12.6. The van der Waals surface area contributed by atoms with Gasteiger partial charge in [-0.3, -0.25) is 4.79 Å². The first-order valence-corrected chi connectivity index (χ1v) is 16.3. The quantitative estimate of drug-likeness (QED) is 0.160. The minimum absolute atomic E-state index is 0.123. The Morgan fingerprint density at radius 1 is 0.778 bits per heavy atom. The average Bonchev–Trinajstić information content (AvgIpc) is 3.73. The summed E-state index contributed by atoms with van der Waals surface area (Å²) in [5.41, 5.74) is 8.23. The number of amides is 1. The number of nitrogens with zero attached hydrogens (tertiary/aromatic N) is 1. The zero-order valence-electron chi connectivity index (χ0n) is 27.3. The normalized spacial score (nSPS) is 15.2. The molecule has 0 aliphatic heterocycles. The van der Waals surface area contributed by atoms with Crippen LogP contribution in [-0.2, 0) is 23.8 Å². The van der Waals surface area contributed by atoms with Crippen LogP contribution in [-0.4, -0.2) is 17.4 Å². The molecule has 45 heavy (non-hydrogen) atoms. The van der Waals surface area contributed by atoms with Crippen LogP contribution in [0.4, 0.5) is 0 Å². The fraction of sp³-hybridized carbons (Fsp3) is 0.341. The Morgan fingerprint density at radius 3 is 2.00 bits per heavy atom. The molecule has 0 fully saturated rings. The molecule has 0 saturated heterocycles. The van der Waals surface area contributed by atoms with Crippen LogP contribution >= 0.6 is 0 Å². The van der Waals surface area contributed by atoms with Crippen molar-refractivity contribution in [2.24, 2.45) is 0 Å². The number of aryl methyl sites for hydroxylation is 1. The second-order valence-corrected chi connectivity index (χ2v) is 14.0. The highest BCUT2D eigenvalue weighted by atomic mass is 16.4. The fourth-order valence-electron chi connectivity index (χ4n) is 6.91. The third kappa shape index (κ3) is 6.71. The molecule has 2 heterocycles. The third-order valence-electron chi connectivity index (χ3n) is 9.85. The van der Waals surface area contributed by atoms with Crippen LogP contribution in [0.5, 0.6) is 0 Å². The van der Waals surface area contributed by atoms with Crippen molar-refractivity contribution in [3.05, 3.63) is 154 Å². The molecule has 3 aromatic carbocycles. The van der Waals surface area contributed by atoms with E-state index in [1.807, 2.05) is 41.3 Å². The smallest absolute Gasteiger partial charge is 0.289 e. The van der Waals surface area contributed by atoms with Crippen LogP contribution in [0.15, 0.2) is 112 Å². The first kappa shape index (κ1) is 30.7. The van der Waals surface area contributed by atoms with Gasteiger partial charge in [-0.05, 0) is 94.7 Å². The Kier molecular flexibility index (Phi) is 8.59. The standard InChI is InChI=1S/C41H45NO3/c1-29-25-36-37(41(4,5)22-21-40(36,2)3)27-32(29)26-33-18-19-38(45-33)39(43)42(28-34-17-12-24-44-34)23-20-35(30-13-8-6-9-14-30)31-15-10-7-11-16-31/h6-19,24-25,27,35H,20-23,26,28H2,1-5H3. The van der Waals surface area contributed by atoms with E-state index < -0.39 is 0 Å². The van der Waals surface area contributed by atoms with E-state index in [4.69, 9.17) is 8.83 Å². The molecule has 0 spiro atoms. The van der Waals surface area contributed by atoms with Crippen LogP contribution in [0.3, 0.4) is 0 Å². The topological polar surface area (TPSA) is 46.6 Å². The van der Waals surface area contributed by atoms with Crippen molar-refractivity contribution in [2.45, 2.75) is 83.6 Å². The van der Waals surface area contributed by atoms with Crippen LogP contribution < -0.4 is 0 Å².